The average molecular weight is 324 g/mol. The van der Waals surface area contributed by atoms with Crippen molar-refractivity contribution in [1.82, 2.24) is 20.6 Å². The molecule has 1 atom stereocenters. The second-order valence-electron chi connectivity index (χ2n) is 5.35. The van der Waals surface area contributed by atoms with Crippen molar-refractivity contribution in [1.29, 1.82) is 0 Å². The molecule has 24 heavy (non-hydrogen) atoms. The van der Waals surface area contributed by atoms with Crippen LogP contribution in [0.15, 0.2) is 47.1 Å². The number of tetrazole rings is 1. The average Bonchev–Trinajstić information content (AvgIpc) is 3.25. The van der Waals surface area contributed by atoms with Crippen LogP contribution in [-0.2, 0) is 6.42 Å². The summed E-state index contributed by atoms with van der Waals surface area (Å²) in [6, 6.07) is 9.33. The summed E-state index contributed by atoms with van der Waals surface area (Å²) >= 11 is 0. The molecule has 3 rings (SSSR count). The number of H-pyrrole nitrogens is 1. The Kier molecular flexibility index (Phi) is 4.62. The van der Waals surface area contributed by atoms with Crippen LogP contribution in [0.5, 0.6) is 0 Å². The van der Waals surface area contributed by atoms with Crippen LogP contribution >= 0.6 is 0 Å². The molecule has 0 aliphatic rings. The van der Waals surface area contributed by atoms with Crippen molar-refractivity contribution >= 4 is 11.9 Å². The predicted octanol–water partition coefficient (Wildman–Crippen LogP) is 2.33. The first-order valence-corrected chi connectivity index (χ1v) is 7.39. The summed E-state index contributed by atoms with van der Waals surface area (Å²) in [5, 5.41) is 23.0. The Labute approximate surface area is 138 Å². The van der Waals surface area contributed by atoms with Gasteiger partial charge in [-0.1, -0.05) is 35.6 Å². The van der Waals surface area contributed by atoms with Crippen LogP contribution in [0, 0.1) is 0 Å². The summed E-state index contributed by atoms with van der Waals surface area (Å²) in [7, 11) is 0. The Bertz CT molecular complexity index is 835. The molecular formula is C17H16N4O3. The van der Waals surface area contributed by atoms with E-state index in [1.54, 1.807) is 25.3 Å². The smallest absolute Gasteiger partial charge is 0.206 e. The quantitative estimate of drug-likeness (QED) is 0.674. The number of aliphatic hydroxyl groups excluding tert-OH is 1. The number of ketones is 1. The minimum atomic E-state index is -0.929. The van der Waals surface area contributed by atoms with Gasteiger partial charge in [0, 0.05) is 17.5 Å². The van der Waals surface area contributed by atoms with Gasteiger partial charge in [-0.15, -0.1) is 10.2 Å². The fourth-order valence-electron chi connectivity index (χ4n) is 2.22. The van der Waals surface area contributed by atoms with Gasteiger partial charge >= 0.3 is 0 Å². The molecule has 2 heterocycles. The van der Waals surface area contributed by atoms with E-state index in [4.69, 9.17) is 4.42 Å². The Balaban J connectivity index is 1.64. The minimum absolute atomic E-state index is 0.0483. The Morgan fingerprint density at radius 2 is 2.17 bits per heavy atom. The highest BCUT2D eigenvalue weighted by atomic mass is 16.3. The number of rotatable bonds is 6. The third-order valence-electron chi connectivity index (χ3n) is 3.51. The molecule has 3 aromatic rings. The molecule has 0 spiro atoms. The zero-order chi connectivity index (χ0) is 16.9. The lowest BCUT2D eigenvalue weighted by molar-refractivity contribution is 0.101. The summed E-state index contributed by atoms with van der Waals surface area (Å²) in [6.07, 6.45) is 4.59. The number of furan rings is 1. The number of carbonyl (C=O) groups is 1. The van der Waals surface area contributed by atoms with E-state index in [0.717, 1.165) is 16.9 Å². The molecule has 7 heteroatoms. The van der Waals surface area contributed by atoms with Gasteiger partial charge in [0.2, 0.25) is 5.82 Å². The number of Topliss-reactive ketones (excluding diaryl/α,β-unsaturated/α-hetero) is 1. The van der Waals surface area contributed by atoms with Gasteiger partial charge in [0.25, 0.3) is 0 Å². The van der Waals surface area contributed by atoms with E-state index in [0.29, 0.717) is 12.0 Å². The van der Waals surface area contributed by atoms with Gasteiger partial charge in [-0.3, -0.25) is 4.79 Å². The number of aromatic amines is 1. The highest BCUT2D eigenvalue weighted by Crippen LogP contribution is 2.17. The normalized spacial score (nSPS) is 12.6. The molecule has 2 aromatic heterocycles. The lowest BCUT2D eigenvalue weighted by Crippen LogP contribution is -1.95. The molecule has 0 saturated carbocycles. The number of aromatic nitrogens is 4. The van der Waals surface area contributed by atoms with Gasteiger partial charge in [-0.25, -0.2) is 0 Å². The SMILES string of the molecule is CC(=O)c1ccc(Cc2cc(C=CC(O)c3nn[nH]n3)co2)cc1. The first-order chi connectivity index (χ1) is 11.6. The monoisotopic (exact) mass is 324 g/mol. The van der Waals surface area contributed by atoms with E-state index >= 15 is 0 Å². The van der Waals surface area contributed by atoms with Crippen LogP contribution in [0.3, 0.4) is 0 Å². The van der Waals surface area contributed by atoms with Gasteiger partial charge in [0.05, 0.1) is 6.26 Å². The van der Waals surface area contributed by atoms with Gasteiger partial charge < -0.3 is 9.52 Å². The lowest BCUT2D eigenvalue weighted by Gasteiger charge is -2.00. The third-order valence-corrected chi connectivity index (χ3v) is 3.51. The van der Waals surface area contributed by atoms with Crippen molar-refractivity contribution in [2.45, 2.75) is 19.4 Å². The molecule has 0 aliphatic heterocycles. The van der Waals surface area contributed by atoms with E-state index in [9.17, 15) is 9.90 Å². The molecule has 7 nitrogen and oxygen atoms in total. The molecule has 0 amide bonds. The van der Waals surface area contributed by atoms with Crippen molar-refractivity contribution in [3.63, 3.8) is 0 Å². The van der Waals surface area contributed by atoms with Crippen LogP contribution in [-0.4, -0.2) is 31.5 Å². The van der Waals surface area contributed by atoms with E-state index in [1.807, 2.05) is 30.3 Å². The molecule has 0 radical (unpaired) electrons. The fraction of sp³-hybridized carbons (Fsp3) is 0.176. The Morgan fingerprint density at radius 1 is 1.38 bits per heavy atom. The maximum atomic E-state index is 11.3. The molecule has 0 bridgehead atoms. The largest absolute Gasteiger partial charge is 0.468 e. The van der Waals surface area contributed by atoms with Crippen LogP contribution < -0.4 is 0 Å². The van der Waals surface area contributed by atoms with Crippen LogP contribution in [0.4, 0.5) is 0 Å². The van der Waals surface area contributed by atoms with Crippen LogP contribution in [0.1, 0.15) is 46.1 Å². The summed E-state index contributed by atoms with van der Waals surface area (Å²) in [4.78, 5) is 11.3. The predicted molar refractivity (Wildman–Crippen MR) is 86.1 cm³/mol. The standard InChI is InChI=1S/C17H16N4O3/c1-11(22)14-5-2-12(3-6-14)8-15-9-13(10-24-15)4-7-16(23)17-18-20-21-19-17/h2-7,9-10,16,23H,8H2,1H3,(H,18,19,20,21). The van der Waals surface area contributed by atoms with Gasteiger partial charge in [-0.2, -0.15) is 5.21 Å². The summed E-state index contributed by atoms with van der Waals surface area (Å²) in [5.41, 5.74) is 2.57. The van der Waals surface area contributed by atoms with Crippen molar-refractivity contribution in [2.24, 2.45) is 0 Å². The number of benzene rings is 1. The molecule has 0 saturated heterocycles. The zero-order valence-electron chi connectivity index (χ0n) is 13.0. The molecular weight excluding hydrogens is 308 g/mol. The number of carbonyl (C=O) groups excluding carboxylic acids is 1. The highest BCUT2D eigenvalue weighted by molar-refractivity contribution is 5.94. The van der Waals surface area contributed by atoms with E-state index < -0.39 is 6.10 Å². The minimum Gasteiger partial charge on any atom is -0.468 e. The number of nitrogens with one attached hydrogen (secondary N) is 1. The topological polar surface area (TPSA) is 105 Å². The molecule has 122 valence electrons. The molecule has 0 fully saturated rings. The zero-order valence-corrected chi connectivity index (χ0v) is 13.0. The van der Waals surface area contributed by atoms with Crippen molar-refractivity contribution < 1.29 is 14.3 Å². The van der Waals surface area contributed by atoms with Crippen LogP contribution in [0.2, 0.25) is 0 Å². The maximum Gasteiger partial charge on any atom is 0.206 e. The van der Waals surface area contributed by atoms with Crippen molar-refractivity contribution in [3.8, 4) is 0 Å². The second kappa shape index (κ2) is 7.01. The summed E-state index contributed by atoms with van der Waals surface area (Å²) in [5.74, 6) is 1.05. The van der Waals surface area contributed by atoms with Crippen molar-refractivity contribution in [2.75, 3.05) is 0 Å². The van der Waals surface area contributed by atoms with E-state index in [1.165, 1.54) is 0 Å². The first-order valence-electron chi connectivity index (χ1n) is 7.39. The van der Waals surface area contributed by atoms with E-state index in [2.05, 4.69) is 20.6 Å². The molecule has 0 aliphatic carbocycles. The van der Waals surface area contributed by atoms with E-state index in [-0.39, 0.29) is 11.6 Å². The number of hydrogen-bond acceptors (Lipinski definition) is 6. The van der Waals surface area contributed by atoms with Gasteiger partial charge in [0.15, 0.2) is 5.78 Å². The molecule has 1 unspecified atom stereocenters. The third kappa shape index (κ3) is 3.82. The Hall–Kier alpha value is -3.06. The number of aliphatic hydroxyl groups is 1. The Morgan fingerprint density at radius 3 is 2.83 bits per heavy atom. The lowest BCUT2D eigenvalue weighted by atomic mass is 10.1. The highest BCUT2D eigenvalue weighted by Gasteiger charge is 2.08. The maximum absolute atomic E-state index is 11.3. The summed E-state index contributed by atoms with van der Waals surface area (Å²) < 4.78 is 5.52. The fourth-order valence-corrected chi connectivity index (χ4v) is 2.22. The summed E-state index contributed by atoms with van der Waals surface area (Å²) in [6.45, 7) is 1.54. The molecule has 2 N–H and O–H groups in total. The van der Waals surface area contributed by atoms with Gasteiger partial charge in [0.1, 0.15) is 11.9 Å². The van der Waals surface area contributed by atoms with Gasteiger partial charge in [-0.05, 0) is 24.6 Å². The molecule has 1 aromatic carbocycles. The second-order valence-corrected chi connectivity index (χ2v) is 5.35. The number of nitrogens with zero attached hydrogens (tertiary/aromatic N) is 3. The van der Waals surface area contributed by atoms with Crippen molar-refractivity contribution in [3.05, 3.63) is 70.9 Å². The first kappa shape index (κ1) is 15.8. The number of hydrogen-bond donors (Lipinski definition) is 2. The van der Waals surface area contributed by atoms with Crippen LogP contribution in [0.25, 0.3) is 6.08 Å².